The highest BCUT2D eigenvalue weighted by Gasteiger charge is 2.43. The SMILES string of the molecule is CCC(=O)C1=C(O)C(=O)N(c2ccc(NC(C)=O)cc2)C1c1ccc(C(C)(C)C)cc1. The summed E-state index contributed by atoms with van der Waals surface area (Å²) in [4.78, 5) is 38.4. The third kappa shape index (κ3) is 4.38. The molecule has 2 aromatic carbocycles. The monoisotopic (exact) mass is 420 g/mol. The first kappa shape index (κ1) is 22.3. The van der Waals surface area contributed by atoms with Crippen LogP contribution in [-0.4, -0.2) is 22.7 Å². The number of hydrogen-bond acceptors (Lipinski definition) is 4. The summed E-state index contributed by atoms with van der Waals surface area (Å²) in [5, 5.41) is 13.3. The second-order valence-electron chi connectivity index (χ2n) is 8.72. The van der Waals surface area contributed by atoms with Crippen LogP contribution in [0.2, 0.25) is 0 Å². The number of nitrogens with zero attached hydrogens (tertiary/aromatic N) is 1. The van der Waals surface area contributed by atoms with Crippen LogP contribution in [0.1, 0.15) is 58.2 Å². The maximum Gasteiger partial charge on any atom is 0.294 e. The van der Waals surface area contributed by atoms with E-state index in [9.17, 15) is 19.5 Å². The third-order valence-corrected chi connectivity index (χ3v) is 5.39. The molecule has 1 aliphatic heterocycles. The number of carbonyl (C=O) groups is 3. The number of ketones is 1. The van der Waals surface area contributed by atoms with Crippen molar-refractivity contribution in [1.29, 1.82) is 0 Å². The van der Waals surface area contributed by atoms with E-state index in [0.29, 0.717) is 11.4 Å². The smallest absolute Gasteiger partial charge is 0.294 e. The van der Waals surface area contributed by atoms with Gasteiger partial charge in [0.15, 0.2) is 11.5 Å². The van der Waals surface area contributed by atoms with Crippen molar-refractivity contribution < 1.29 is 19.5 Å². The molecule has 0 saturated heterocycles. The summed E-state index contributed by atoms with van der Waals surface area (Å²) in [6.07, 6.45) is 0.179. The number of aliphatic hydroxyl groups excluding tert-OH is 1. The fraction of sp³-hybridized carbons (Fsp3) is 0.320. The van der Waals surface area contributed by atoms with Gasteiger partial charge in [0.1, 0.15) is 0 Å². The predicted octanol–water partition coefficient (Wildman–Crippen LogP) is 4.82. The number of hydrogen-bond donors (Lipinski definition) is 2. The summed E-state index contributed by atoms with van der Waals surface area (Å²) >= 11 is 0. The number of Topliss-reactive ketones (excluding diaryl/α,β-unsaturated/α-hetero) is 1. The van der Waals surface area contributed by atoms with Gasteiger partial charge >= 0.3 is 0 Å². The second kappa shape index (κ2) is 8.38. The van der Waals surface area contributed by atoms with Crippen LogP contribution in [0.15, 0.2) is 59.9 Å². The van der Waals surface area contributed by atoms with E-state index in [1.807, 2.05) is 24.3 Å². The lowest BCUT2D eigenvalue weighted by Gasteiger charge is -2.28. The first-order valence-electron chi connectivity index (χ1n) is 10.3. The van der Waals surface area contributed by atoms with E-state index < -0.39 is 17.7 Å². The molecule has 3 rings (SSSR count). The third-order valence-electron chi connectivity index (χ3n) is 5.39. The van der Waals surface area contributed by atoms with Crippen molar-refractivity contribution >= 4 is 29.0 Å². The minimum absolute atomic E-state index is 0.0384. The van der Waals surface area contributed by atoms with Crippen molar-refractivity contribution in [2.75, 3.05) is 10.2 Å². The normalized spacial score (nSPS) is 16.6. The van der Waals surface area contributed by atoms with Crippen LogP contribution in [0.5, 0.6) is 0 Å². The second-order valence-corrected chi connectivity index (χ2v) is 8.72. The van der Waals surface area contributed by atoms with Crippen molar-refractivity contribution in [2.24, 2.45) is 0 Å². The van der Waals surface area contributed by atoms with Crippen LogP contribution in [0, 0.1) is 0 Å². The minimum atomic E-state index is -0.722. The predicted molar refractivity (Wildman–Crippen MR) is 121 cm³/mol. The molecule has 0 bridgehead atoms. The van der Waals surface area contributed by atoms with Gasteiger partial charge in [-0.2, -0.15) is 0 Å². The number of nitrogens with one attached hydrogen (secondary N) is 1. The van der Waals surface area contributed by atoms with Gasteiger partial charge in [0.25, 0.3) is 5.91 Å². The van der Waals surface area contributed by atoms with E-state index >= 15 is 0 Å². The van der Waals surface area contributed by atoms with Crippen molar-refractivity contribution in [3.05, 3.63) is 71.0 Å². The topological polar surface area (TPSA) is 86.7 Å². The maximum absolute atomic E-state index is 13.0. The summed E-state index contributed by atoms with van der Waals surface area (Å²) in [6, 6.07) is 13.8. The van der Waals surface area contributed by atoms with Crippen LogP contribution < -0.4 is 10.2 Å². The van der Waals surface area contributed by atoms with Gasteiger partial charge in [0, 0.05) is 24.7 Å². The van der Waals surface area contributed by atoms with E-state index in [-0.39, 0.29) is 29.1 Å². The fourth-order valence-corrected chi connectivity index (χ4v) is 3.74. The summed E-state index contributed by atoms with van der Waals surface area (Å²) in [5.41, 5.74) is 3.06. The average molecular weight is 421 g/mol. The number of benzene rings is 2. The molecular weight excluding hydrogens is 392 g/mol. The van der Waals surface area contributed by atoms with Crippen LogP contribution in [0.4, 0.5) is 11.4 Å². The van der Waals surface area contributed by atoms with E-state index in [2.05, 4.69) is 26.1 Å². The number of aliphatic hydroxyl groups is 1. The van der Waals surface area contributed by atoms with Crippen molar-refractivity contribution in [1.82, 2.24) is 0 Å². The molecule has 1 unspecified atom stereocenters. The number of anilines is 2. The molecular formula is C25H28N2O4. The van der Waals surface area contributed by atoms with Gasteiger partial charge in [-0.05, 0) is 40.8 Å². The minimum Gasteiger partial charge on any atom is -0.503 e. The zero-order chi connectivity index (χ0) is 22.9. The molecule has 0 fully saturated rings. The average Bonchev–Trinajstić information content (AvgIpc) is 2.98. The molecule has 0 radical (unpaired) electrons. The van der Waals surface area contributed by atoms with Crippen molar-refractivity contribution in [3.63, 3.8) is 0 Å². The highest BCUT2D eigenvalue weighted by Crippen LogP contribution is 2.42. The highest BCUT2D eigenvalue weighted by atomic mass is 16.3. The van der Waals surface area contributed by atoms with Crippen molar-refractivity contribution in [3.8, 4) is 0 Å². The van der Waals surface area contributed by atoms with Gasteiger partial charge in [0.05, 0.1) is 11.6 Å². The lowest BCUT2D eigenvalue weighted by molar-refractivity contribution is -0.118. The van der Waals surface area contributed by atoms with E-state index in [1.165, 1.54) is 11.8 Å². The Labute approximate surface area is 182 Å². The Morgan fingerprint density at radius 2 is 1.61 bits per heavy atom. The van der Waals surface area contributed by atoms with Crippen molar-refractivity contribution in [2.45, 2.75) is 52.5 Å². The van der Waals surface area contributed by atoms with Gasteiger partial charge in [-0.15, -0.1) is 0 Å². The quantitative estimate of drug-likeness (QED) is 0.726. The lowest BCUT2D eigenvalue weighted by Crippen LogP contribution is -2.31. The van der Waals surface area contributed by atoms with Gasteiger partial charge in [-0.3, -0.25) is 19.3 Å². The van der Waals surface area contributed by atoms with Crippen LogP contribution in [0.3, 0.4) is 0 Å². The number of amides is 2. The Bertz CT molecular complexity index is 1040. The van der Waals surface area contributed by atoms with Gasteiger partial charge in [0.2, 0.25) is 5.91 Å². The zero-order valence-electron chi connectivity index (χ0n) is 18.5. The molecule has 162 valence electrons. The van der Waals surface area contributed by atoms with Crippen LogP contribution in [-0.2, 0) is 19.8 Å². The molecule has 1 heterocycles. The molecule has 31 heavy (non-hydrogen) atoms. The number of carbonyl (C=O) groups excluding carboxylic acids is 3. The molecule has 2 amide bonds. The van der Waals surface area contributed by atoms with Crippen LogP contribution in [0.25, 0.3) is 0 Å². The summed E-state index contributed by atoms with van der Waals surface area (Å²) in [6.45, 7) is 9.46. The molecule has 6 heteroatoms. The summed E-state index contributed by atoms with van der Waals surface area (Å²) in [5.74, 6) is -1.60. The molecule has 1 aliphatic rings. The molecule has 0 aliphatic carbocycles. The Kier molecular flexibility index (Phi) is 6.02. The van der Waals surface area contributed by atoms with E-state index in [0.717, 1.165) is 11.1 Å². The van der Waals surface area contributed by atoms with Gasteiger partial charge in [-0.25, -0.2) is 0 Å². The van der Waals surface area contributed by atoms with Gasteiger partial charge in [-0.1, -0.05) is 52.0 Å². The Morgan fingerprint density at radius 1 is 1.03 bits per heavy atom. The first-order chi connectivity index (χ1) is 14.5. The summed E-state index contributed by atoms with van der Waals surface area (Å²) in [7, 11) is 0. The van der Waals surface area contributed by atoms with Crippen LogP contribution >= 0.6 is 0 Å². The molecule has 2 aromatic rings. The number of rotatable bonds is 5. The highest BCUT2D eigenvalue weighted by molar-refractivity contribution is 6.16. The Hall–Kier alpha value is -3.41. The lowest BCUT2D eigenvalue weighted by atomic mass is 9.85. The Morgan fingerprint density at radius 3 is 2.10 bits per heavy atom. The maximum atomic E-state index is 13.0. The summed E-state index contributed by atoms with van der Waals surface area (Å²) < 4.78 is 0. The molecule has 0 aromatic heterocycles. The zero-order valence-corrected chi connectivity index (χ0v) is 18.5. The first-order valence-corrected chi connectivity index (χ1v) is 10.3. The van der Waals surface area contributed by atoms with Gasteiger partial charge < -0.3 is 10.4 Å². The molecule has 0 spiro atoms. The molecule has 0 saturated carbocycles. The fourth-order valence-electron chi connectivity index (χ4n) is 3.74. The standard InChI is InChI=1S/C25H28N2O4/c1-6-20(29)21-22(16-7-9-17(10-8-16)25(3,4)5)27(24(31)23(21)30)19-13-11-18(12-14-19)26-15(2)28/h7-14,22,30H,6H2,1-5H3,(H,26,28). The molecule has 2 N–H and O–H groups in total. The molecule has 1 atom stereocenters. The van der Waals surface area contributed by atoms with E-state index in [4.69, 9.17) is 0 Å². The van der Waals surface area contributed by atoms with E-state index in [1.54, 1.807) is 31.2 Å². The Balaban J connectivity index is 2.08. The largest absolute Gasteiger partial charge is 0.503 e. The molecule has 6 nitrogen and oxygen atoms in total.